The first kappa shape index (κ1) is 19.4. The molecule has 0 saturated heterocycles. The maximum absolute atomic E-state index is 12.9. The van der Waals surface area contributed by atoms with Crippen LogP contribution in [0, 0.1) is 0 Å². The number of rotatable bonds is 7. The van der Waals surface area contributed by atoms with Crippen molar-refractivity contribution in [2.24, 2.45) is 0 Å². The number of carboxylic acid groups (broad SMARTS) is 1. The van der Waals surface area contributed by atoms with E-state index in [0.717, 1.165) is 16.7 Å². The molecule has 0 bridgehead atoms. The molecule has 0 radical (unpaired) electrons. The van der Waals surface area contributed by atoms with Crippen LogP contribution in [0.2, 0.25) is 0 Å². The lowest BCUT2D eigenvalue weighted by Gasteiger charge is -2.17. The molecule has 0 aliphatic heterocycles. The highest BCUT2D eigenvalue weighted by molar-refractivity contribution is 7.89. The Morgan fingerprint density at radius 1 is 1.19 bits per heavy atom. The second-order valence-electron chi connectivity index (χ2n) is 7.03. The fourth-order valence-corrected chi connectivity index (χ4v) is 5.00. The second-order valence-corrected chi connectivity index (χ2v) is 8.71. The number of benzene rings is 2. The summed E-state index contributed by atoms with van der Waals surface area (Å²) in [7, 11) is -3.63. The molecule has 1 unspecified atom stereocenters. The summed E-state index contributed by atoms with van der Waals surface area (Å²) in [5, 5.41) is 8.71. The van der Waals surface area contributed by atoms with E-state index in [-0.39, 0.29) is 12.0 Å². The van der Waals surface area contributed by atoms with Gasteiger partial charge in [-0.05, 0) is 53.6 Å². The predicted molar refractivity (Wildman–Crippen MR) is 102 cm³/mol. The van der Waals surface area contributed by atoms with Crippen LogP contribution in [0.4, 0.5) is 0 Å². The van der Waals surface area contributed by atoms with E-state index in [9.17, 15) is 13.2 Å². The number of nitrogens with one attached hydrogen (secondary N) is 1. The molecule has 0 fully saturated rings. The molecule has 2 aromatic rings. The molecular weight excluding hydrogens is 366 g/mol. The van der Waals surface area contributed by atoms with E-state index in [1.165, 1.54) is 0 Å². The maximum atomic E-state index is 12.9. The first-order chi connectivity index (χ1) is 12.8. The number of carbonyl (C=O) groups is 1. The Morgan fingerprint density at radius 3 is 2.59 bits per heavy atom. The molecule has 1 aliphatic carbocycles. The van der Waals surface area contributed by atoms with Crippen molar-refractivity contribution < 1.29 is 23.1 Å². The summed E-state index contributed by atoms with van der Waals surface area (Å²) in [6.07, 6.45) is 1.14. The molecule has 0 heterocycles. The van der Waals surface area contributed by atoms with Gasteiger partial charge in [-0.1, -0.05) is 38.1 Å². The number of hydrogen-bond donors (Lipinski definition) is 2. The first-order valence-electron chi connectivity index (χ1n) is 8.84. The van der Waals surface area contributed by atoms with Crippen LogP contribution in [0.15, 0.2) is 47.4 Å². The highest BCUT2D eigenvalue weighted by Crippen LogP contribution is 2.29. The molecule has 0 saturated carbocycles. The summed E-state index contributed by atoms with van der Waals surface area (Å²) in [5.41, 5.74) is 2.81. The van der Waals surface area contributed by atoms with Crippen molar-refractivity contribution >= 4 is 16.0 Å². The molecule has 2 aromatic carbocycles. The fourth-order valence-electron chi connectivity index (χ4n) is 3.40. The highest BCUT2D eigenvalue weighted by Gasteiger charge is 2.28. The van der Waals surface area contributed by atoms with Crippen molar-refractivity contribution in [2.45, 2.75) is 43.5 Å². The molecule has 2 N–H and O–H groups in total. The van der Waals surface area contributed by atoms with E-state index in [1.54, 1.807) is 24.3 Å². The van der Waals surface area contributed by atoms with Gasteiger partial charge in [-0.3, -0.25) is 0 Å². The lowest BCUT2D eigenvalue weighted by Crippen LogP contribution is -2.35. The monoisotopic (exact) mass is 389 g/mol. The van der Waals surface area contributed by atoms with Gasteiger partial charge >= 0.3 is 5.97 Å². The Bertz CT molecular complexity index is 953. The van der Waals surface area contributed by atoms with E-state index in [2.05, 4.69) is 4.72 Å². The van der Waals surface area contributed by atoms with Crippen LogP contribution < -0.4 is 9.46 Å². The van der Waals surface area contributed by atoms with Crippen molar-refractivity contribution in [1.29, 1.82) is 0 Å². The summed E-state index contributed by atoms with van der Waals surface area (Å²) < 4.78 is 33.8. The van der Waals surface area contributed by atoms with Gasteiger partial charge in [-0.15, -0.1) is 0 Å². The number of fused-ring (bicyclic) bond motifs is 1. The summed E-state index contributed by atoms with van der Waals surface area (Å²) in [5.74, 6) is -0.456. The SMILES string of the molecule is CC(C)c1ccccc1S(=O)(=O)NC1Cc2ccc(OCC(=O)O)cc2C1. The van der Waals surface area contributed by atoms with Crippen LogP contribution in [0.3, 0.4) is 0 Å². The van der Waals surface area contributed by atoms with Crippen molar-refractivity contribution in [3.63, 3.8) is 0 Å². The summed E-state index contributed by atoms with van der Waals surface area (Å²) in [4.78, 5) is 10.9. The van der Waals surface area contributed by atoms with Gasteiger partial charge < -0.3 is 9.84 Å². The van der Waals surface area contributed by atoms with Gasteiger partial charge in [-0.25, -0.2) is 17.9 Å². The minimum atomic E-state index is -3.63. The normalized spacial score (nSPS) is 16.3. The Balaban J connectivity index is 1.74. The topological polar surface area (TPSA) is 92.7 Å². The molecule has 27 heavy (non-hydrogen) atoms. The van der Waals surface area contributed by atoms with Crippen molar-refractivity contribution in [3.8, 4) is 5.75 Å². The Kier molecular flexibility index (Phi) is 5.53. The van der Waals surface area contributed by atoms with E-state index >= 15 is 0 Å². The third kappa shape index (κ3) is 4.48. The van der Waals surface area contributed by atoms with Crippen LogP contribution in [0.25, 0.3) is 0 Å². The fraction of sp³-hybridized carbons (Fsp3) is 0.350. The molecule has 7 heteroatoms. The van der Waals surface area contributed by atoms with Gasteiger partial charge in [0.15, 0.2) is 6.61 Å². The minimum absolute atomic E-state index is 0.104. The summed E-state index contributed by atoms with van der Waals surface area (Å²) in [6, 6.07) is 12.2. The number of sulfonamides is 1. The third-order valence-electron chi connectivity index (χ3n) is 4.63. The van der Waals surface area contributed by atoms with E-state index in [4.69, 9.17) is 9.84 Å². The summed E-state index contributed by atoms with van der Waals surface area (Å²) >= 11 is 0. The van der Waals surface area contributed by atoms with Crippen LogP contribution in [0.5, 0.6) is 5.75 Å². The second kappa shape index (κ2) is 7.70. The van der Waals surface area contributed by atoms with Gasteiger partial charge in [-0.2, -0.15) is 0 Å². The highest BCUT2D eigenvalue weighted by atomic mass is 32.2. The summed E-state index contributed by atoms with van der Waals surface area (Å²) in [6.45, 7) is 3.54. The molecule has 6 nitrogen and oxygen atoms in total. The standard InChI is InChI=1S/C20H23NO5S/c1-13(2)18-5-3-4-6-19(18)27(24,25)21-16-9-14-7-8-17(11-15(14)10-16)26-12-20(22)23/h3-8,11,13,16,21H,9-10,12H2,1-2H3,(H,22,23). The third-order valence-corrected chi connectivity index (χ3v) is 6.22. The van der Waals surface area contributed by atoms with Crippen LogP contribution in [-0.4, -0.2) is 32.1 Å². The van der Waals surface area contributed by atoms with Crippen molar-refractivity contribution in [3.05, 3.63) is 59.2 Å². The zero-order chi connectivity index (χ0) is 19.6. The largest absolute Gasteiger partial charge is 0.482 e. The molecule has 0 amide bonds. The smallest absolute Gasteiger partial charge is 0.341 e. The molecule has 1 aliphatic rings. The quantitative estimate of drug-likeness (QED) is 0.760. The Labute approximate surface area is 159 Å². The van der Waals surface area contributed by atoms with E-state index < -0.39 is 22.6 Å². The lowest BCUT2D eigenvalue weighted by atomic mass is 10.0. The number of ether oxygens (including phenoxy) is 1. The molecule has 144 valence electrons. The predicted octanol–water partition coefficient (Wildman–Crippen LogP) is 2.72. The van der Waals surface area contributed by atoms with Crippen LogP contribution in [0.1, 0.15) is 36.5 Å². The van der Waals surface area contributed by atoms with Gasteiger partial charge in [0.05, 0.1) is 4.90 Å². The Morgan fingerprint density at radius 2 is 1.89 bits per heavy atom. The number of aliphatic carboxylic acids is 1. The van der Waals surface area contributed by atoms with Crippen molar-refractivity contribution in [1.82, 2.24) is 4.72 Å². The number of carboxylic acids is 1. The molecule has 3 rings (SSSR count). The maximum Gasteiger partial charge on any atom is 0.341 e. The zero-order valence-corrected chi connectivity index (χ0v) is 16.1. The average Bonchev–Trinajstić information content (AvgIpc) is 3.00. The number of hydrogen-bond acceptors (Lipinski definition) is 4. The van der Waals surface area contributed by atoms with Gasteiger partial charge in [0, 0.05) is 6.04 Å². The van der Waals surface area contributed by atoms with E-state index in [0.29, 0.717) is 23.5 Å². The first-order valence-corrected chi connectivity index (χ1v) is 10.3. The van der Waals surface area contributed by atoms with Gasteiger partial charge in [0.25, 0.3) is 0 Å². The van der Waals surface area contributed by atoms with Gasteiger partial charge in [0.2, 0.25) is 10.0 Å². The molecule has 0 aromatic heterocycles. The zero-order valence-electron chi connectivity index (χ0n) is 15.3. The van der Waals surface area contributed by atoms with Crippen LogP contribution in [-0.2, 0) is 27.7 Å². The molecule has 1 atom stereocenters. The average molecular weight is 389 g/mol. The van der Waals surface area contributed by atoms with Gasteiger partial charge in [0.1, 0.15) is 5.75 Å². The van der Waals surface area contributed by atoms with E-state index in [1.807, 2.05) is 32.0 Å². The molecular formula is C20H23NO5S. The molecule has 0 spiro atoms. The Hall–Kier alpha value is -2.38. The van der Waals surface area contributed by atoms with Crippen LogP contribution >= 0.6 is 0 Å². The van der Waals surface area contributed by atoms with Crippen molar-refractivity contribution in [2.75, 3.05) is 6.61 Å². The lowest BCUT2D eigenvalue weighted by molar-refractivity contribution is -0.139. The minimum Gasteiger partial charge on any atom is -0.482 e.